The smallest absolute Gasteiger partial charge is 0.422 e. The molecule has 1 aliphatic rings. The van der Waals surface area contributed by atoms with Gasteiger partial charge in [-0.2, -0.15) is 13.2 Å². The molecule has 0 bridgehead atoms. The fourth-order valence-corrected chi connectivity index (χ4v) is 1.75. The predicted octanol–water partition coefficient (Wildman–Crippen LogP) is 0.685. The van der Waals surface area contributed by atoms with Crippen molar-refractivity contribution < 1.29 is 27.8 Å². The molecule has 0 aromatic rings. The molecule has 0 aromatic heterocycles. The molecule has 0 radical (unpaired) electrons. The summed E-state index contributed by atoms with van der Waals surface area (Å²) in [7, 11) is 0. The Balaban J connectivity index is 2.35. The average Bonchev–Trinajstić information content (AvgIpc) is 2.51. The largest absolute Gasteiger partial charge is 0.440 e. The third-order valence-corrected chi connectivity index (χ3v) is 2.62. The van der Waals surface area contributed by atoms with Crippen molar-refractivity contribution in [1.29, 1.82) is 0 Å². The van der Waals surface area contributed by atoms with Crippen molar-refractivity contribution in [3.05, 3.63) is 0 Å². The van der Waals surface area contributed by atoms with Crippen LogP contribution < -0.4 is 0 Å². The van der Waals surface area contributed by atoms with Gasteiger partial charge in [-0.1, -0.05) is 0 Å². The molecule has 0 saturated carbocycles. The average molecular weight is 270 g/mol. The maximum absolute atomic E-state index is 11.9. The van der Waals surface area contributed by atoms with E-state index < -0.39 is 18.9 Å². The van der Waals surface area contributed by atoms with E-state index in [1.807, 2.05) is 4.90 Å². The zero-order chi connectivity index (χ0) is 13.6. The van der Waals surface area contributed by atoms with Gasteiger partial charge in [0.05, 0.1) is 6.61 Å². The van der Waals surface area contributed by atoms with Crippen molar-refractivity contribution in [3.8, 4) is 0 Å². The van der Waals surface area contributed by atoms with Crippen LogP contribution in [0.1, 0.15) is 6.42 Å². The molecular weight excluding hydrogens is 253 g/mol. The van der Waals surface area contributed by atoms with E-state index in [4.69, 9.17) is 5.11 Å². The lowest BCUT2D eigenvalue weighted by molar-refractivity contribution is -0.162. The van der Waals surface area contributed by atoms with Crippen LogP contribution in [0.15, 0.2) is 0 Å². The highest BCUT2D eigenvalue weighted by molar-refractivity contribution is 5.67. The molecule has 0 aromatic carbocycles. The molecule has 1 fully saturated rings. The van der Waals surface area contributed by atoms with Crippen LogP contribution in [0.5, 0.6) is 0 Å². The number of nitrogens with zero attached hydrogens (tertiary/aromatic N) is 2. The first-order valence-corrected chi connectivity index (χ1v) is 5.74. The summed E-state index contributed by atoms with van der Waals surface area (Å²) in [5, 5.41) is 8.79. The van der Waals surface area contributed by atoms with Crippen molar-refractivity contribution in [2.45, 2.75) is 12.6 Å². The SMILES string of the molecule is O=C(OCC(F)(F)F)N1CCCN(CCO)CC1. The number of β-amino-alcohol motifs (C(OH)–C–C–N with tert-alkyl or cyclic N) is 1. The lowest BCUT2D eigenvalue weighted by atomic mass is 10.4. The molecule has 106 valence electrons. The number of ether oxygens (including phenoxy) is 1. The summed E-state index contributed by atoms with van der Waals surface area (Å²) in [6.45, 7) is 0.910. The van der Waals surface area contributed by atoms with Gasteiger partial charge in [-0.05, 0) is 13.0 Å². The predicted molar refractivity (Wildman–Crippen MR) is 57.1 cm³/mol. The lowest BCUT2D eigenvalue weighted by Gasteiger charge is -2.21. The Kier molecular flexibility index (Phi) is 5.67. The Morgan fingerprint density at radius 3 is 2.56 bits per heavy atom. The number of halogens is 3. The van der Waals surface area contributed by atoms with Gasteiger partial charge in [0.1, 0.15) is 0 Å². The van der Waals surface area contributed by atoms with Gasteiger partial charge in [0.15, 0.2) is 6.61 Å². The number of hydrogen-bond acceptors (Lipinski definition) is 4. The van der Waals surface area contributed by atoms with Crippen LogP contribution in [0.2, 0.25) is 0 Å². The molecular formula is C10H17F3N2O3. The van der Waals surface area contributed by atoms with E-state index in [-0.39, 0.29) is 6.61 Å². The molecule has 0 spiro atoms. The minimum Gasteiger partial charge on any atom is -0.440 e. The monoisotopic (exact) mass is 270 g/mol. The van der Waals surface area contributed by atoms with Crippen LogP contribution >= 0.6 is 0 Å². The second kappa shape index (κ2) is 6.79. The Morgan fingerprint density at radius 1 is 1.22 bits per heavy atom. The number of rotatable bonds is 3. The summed E-state index contributed by atoms with van der Waals surface area (Å²) in [5.74, 6) is 0. The van der Waals surface area contributed by atoms with E-state index >= 15 is 0 Å². The van der Waals surface area contributed by atoms with E-state index in [1.165, 1.54) is 4.90 Å². The van der Waals surface area contributed by atoms with Gasteiger partial charge in [0, 0.05) is 26.2 Å². The molecule has 0 atom stereocenters. The summed E-state index contributed by atoms with van der Waals surface area (Å²) in [4.78, 5) is 14.6. The first-order valence-electron chi connectivity index (χ1n) is 5.74. The Morgan fingerprint density at radius 2 is 1.94 bits per heavy atom. The van der Waals surface area contributed by atoms with Gasteiger partial charge >= 0.3 is 12.3 Å². The third kappa shape index (κ3) is 5.54. The topological polar surface area (TPSA) is 53.0 Å². The number of aliphatic hydroxyl groups excluding tert-OH is 1. The number of hydrogen-bond donors (Lipinski definition) is 1. The summed E-state index contributed by atoms with van der Waals surface area (Å²) >= 11 is 0. The molecule has 1 heterocycles. The van der Waals surface area contributed by atoms with Gasteiger partial charge in [0.2, 0.25) is 0 Å². The molecule has 1 saturated heterocycles. The normalized spacial score (nSPS) is 18.6. The minimum atomic E-state index is -4.50. The van der Waals surface area contributed by atoms with Crippen molar-refractivity contribution in [2.24, 2.45) is 0 Å². The summed E-state index contributed by atoms with van der Waals surface area (Å²) in [6.07, 6.45) is -4.77. The van der Waals surface area contributed by atoms with Crippen LogP contribution in [0.3, 0.4) is 0 Å². The van der Waals surface area contributed by atoms with Crippen LogP contribution in [0.4, 0.5) is 18.0 Å². The van der Waals surface area contributed by atoms with Gasteiger partial charge in [-0.3, -0.25) is 4.90 Å². The molecule has 1 N–H and O–H groups in total. The second-order valence-electron chi connectivity index (χ2n) is 4.08. The van der Waals surface area contributed by atoms with Gasteiger partial charge in [0.25, 0.3) is 0 Å². The maximum atomic E-state index is 11.9. The Labute approximate surface area is 103 Å². The third-order valence-electron chi connectivity index (χ3n) is 2.62. The number of carbonyl (C=O) groups is 1. The molecule has 1 amide bonds. The van der Waals surface area contributed by atoms with E-state index in [1.54, 1.807) is 0 Å². The summed E-state index contributed by atoms with van der Waals surface area (Å²) < 4.78 is 39.9. The lowest BCUT2D eigenvalue weighted by Crippen LogP contribution is -2.37. The van der Waals surface area contributed by atoms with Crippen LogP contribution in [-0.4, -0.2) is 73.1 Å². The van der Waals surface area contributed by atoms with Crippen molar-refractivity contribution in [2.75, 3.05) is 45.9 Å². The zero-order valence-electron chi connectivity index (χ0n) is 9.95. The second-order valence-corrected chi connectivity index (χ2v) is 4.08. The molecule has 1 aliphatic heterocycles. The van der Waals surface area contributed by atoms with Gasteiger partial charge in [-0.25, -0.2) is 4.79 Å². The van der Waals surface area contributed by atoms with Crippen LogP contribution in [0.25, 0.3) is 0 Å². The molecule has 0 aliphatic carbocycles. The first-order chi connectivity index (χ1) is 8.42. The van der Waals surface area contributed by atoms with E-state index in [2.05, 4.69) is 4.74 Å². The van der Waals surface area contributed by atoms with Gasteiger partial charge < -0.3 is 14.7 Å². The van der Waals surface area contributed by atoms with Crippen molar-refractivity contribution in [1.82, 2.24) is 9.80 Å². The molecule has 0 unspecified atom stereocenters. The minimum absolute atomic E-state index is 0.0263. The highest BCUT2D eigenvalue weighted by Gasteiger charge is 2.31. The number of aliphatic hydroxyl groups is 1. The van der Waals surface area contributed by atoms with Crippen LogP contribution in [-0.2, 0) is 4.74 Å². The van der Waals surface area contributed by atoms with E-state index in [0.717, 1.165) is 0 Å². The molecule has 5 nitrogen and oxygen atoms in total. The van der Waals surface area contributed by atoms with Crippen molar-refractivity contribution in [3.63, 3.8) is 0 Å². The highest BCUT2D eigenvalue weighted by Crippen LogP contribution is 2.15. The fourth-order valence-electron chi connectivity index (χ4n) is 1.75. The van der Waals surface area contributed by atoms with Crippen molar-refractivity contribution >= 4 is 6.09 Å². The zero-order valence-corrected chi connectivity index (χ0v) is 9.95. The molecule has 18 heavy (non-hydrogen) atoms. The quantitative estimate of drug-likeness (QED) is 0.819. The number of amides is 1. The number of carbonyl (C=O) groups excluding carboxylic acids is 1. The van der Waals surface area contributed by atoms with E-state index in [0.29, 0.717) is 39.1 Å². The van der Waals surface area contributed by atoms with Crippen LogP contribution in [0, 0.1) is 0 Å². The number of alkyl halides is 3. The highest BCUT2D eigenvalue weighted by atomic mass is 19.4. The standard InChI is InChI=1S/C10H17F3N2O3/c11-10(12,13)8-18-9(17)15-3-1-2-14(4-5-15)6-7-16/h16H,1-8H2. The summed E-state index contributed by atoms with van der Waals surface area (Å²) in [6, 6.07) is 0. The Bertz CT molecular complexity index is 274. The fraction of sp³-hybridized carbons (Fsp3) is 0.900. The molecule has 1 rings (SSSR count). The van der Waals surface area contributed by atoms with E-state index in [9.17, 15) is 18.0 Å². The maximum Gasteiger partial charge on any atom is 0.422 e. The van der Waals surface area contributed by atoms with Gasteiger partial charge in [-0.15, -0.1) is 0 Å². The first kappa shape index (κ1) is 15.0. The molecule has 8 heteroatoms. The Hall–Kier alpha value is -1.02. The summed E-state index contributed by atoms with van der Waals surface area (Å²) in [5.41, 5.74) is 0.